The van der Waals surface area contributed by atoms with E-state index in [-0.39, 0.29) is 11.3 Å². The van der Waals surface area contributed by atoms with Gasteiger partial charge in [-0.1, -0.05) is 6.07 Å². The lowest BCUT2D eigenvalue weighted by molar-refractivity contribution is -0.141. The number of aromatic carboxylic acids is 1. The maximum absolute atomic E-state index is 12.4. The van der Waals surface area contributed by atoms with E-state index in [0.29, 0.717) is 10.7 Å². The Morgan fingerprint density at radius 2 is 1.95 bits per heavy atom. The number of benzene rings is 1. The number of alkyl halides is 3. The predicted octanol–water partition coefficient (Wildman–Crippen LogP) is 1.88. The molecule has 0 fully saturated rings. The van der Waals surface area contributed by atoms with Crippen molar-refractivity contribution in [3.63, 3.8) is 0 Å². The summed E-state index contributed by atoms with van der Waals surface area (Å²) in [7, 11) is 0. The number of carbonyl (C=O) groups is 1. The summed E-state index contributed by atoms with van der Waals surface area (Å²) in [5.74, 6) is -1.24. The number of rotatable bonds is 2. The van der Waals surface area contributed by atoms with Crippen LogP contribution in [-0.4, -0.2) is 20.9 Å². The van der Waals surface area contributed by atoms with E-state index in [1.165, 1.54) is 18.2 Å². The van der Waals surface area contributed by atoms with Gasteiger partial charge in [0.05, 0.1) is 11.3 Å². The molecule has 5 nitrogen and oxygen atoms in total. The Balaban J connectivity index is 2.54. The number of nitrogens with zero attached hydrogens (tertiary/aromatic N) is 1. The van der Waals surface area contributed by atoms with E-state index in [1.54, 1.807) is 0 Å². The summed E-state index contributed by atoms with van der Waals surface area (Å²) in [6.45, 7) is 0. The summed E-state index contributed by atoms with van der Waals surface area (Å²) in [5.41, 5.74) is -2.24. The SMILES string of the molecule is O=C(O)c1cccc(-n2[nH]c(C(F)(F)F)cc2=O)c1. The van der Waals surface area contributed by atoms with Crippen molar-refractivity contribution in [2.45, 2.75) is 6.18 Å². The molecule has 8 heteroatoms. The summed E-state index contributed by atoms with van der Waals surface area (Å²) in [5, 5.41) is 10.7. The molecule has 100 valence electrons. The predicted molar refractivity (Wildman–Crippen MR) is 58.4 cm³/mol. The van der Waals surface area contributed by atoms with E-state index < -0.39 is 23.4 Å². The summed E-state index contributed by atoms with van der Waals surface area (Å²) < 4.78 is 37.9. The molecule has 0 aliphatic rings. The molecule has 2 rings (SSSR count). The maximum Gasteiger partial charge on any atom is 0.432 e. The van der Waals surface area contributed by atoms with Crippen LogP contribution in [0.3, 0.4) is 0 Å². The molecule has 0 bridgehead atoms. The van der Waals surface area contributed by atoms with E-state index in [9.17, 15) is 22.8 Å². The number of H-pyrrole nitrogens is 1. The summed E-state index contributed by atoms with van der Waals surface area (Å²) >= 11 is 0. The number of carboxylic acid groups (broad SMARTS) is 1. The Labute approximate surface area is 103 Å². The number of aromatic amines is 1. The molecule has 2 aromatic rings. The number of aromatic nitrogens is 2. The van der Waals surface area contributed by atoms with Gasteiger partial charge in [-0.05, 0) is 18.2 Å². The molecule has 0 unspecified atom stereocenters. The largest absolute Gasteiger partial charge is 0.478 e. The van der Waals surface area contributed by atoms with E-state index in [4.69, 9.17) is 5.11 Å². The second-order valence-electron chi connectivity index (χ2n) is 3.70. The Hall–Kier alpha value is -2.51. The highest BCUT2D eigenvalue weighted by molar-refractivity contribution is 5.88. The van der Waals surface area contributed by atoms with Crippen LogP contribution in [0.4, 0.5) is 13.2 Å². The number of hydrogen-bond acceptors (Lipinski definition) is 2. The second-order valence-corrected chi connectivity index (χ2v) is 3.70. The Bertz CT molecular complexity index is 685. The van der Waals surface area contributed by atoms with Gasteiger partial charge in [0.2, 0.25) is 0 Å². The number of nitrogens with one attached hydrogen (secondary N) is 1. The summed E-state index contributed by atoms with van der Waals surface area (Å²) in [6.07, 6.45) is -4.67. The van der Waals surface area contributed by atoms with Crippen LogP contribution in [0.25, 0.3) is 5.69 Å². The lowest BCUT2D eigenvalue weighted by Gasteiger charge is -2.05. The molecule has 1 aromatic heterocycles. The molecule has 0 saturated carbocycles. The Morgan fingerprint density at radius 3 is 2.47 bits per heavy atom. The van der Waals surface area contributed by atoms with Crippen LogP contribution in [0.1, 0.15) is 16.1 Å². The highest BCUT2D eigenvalue weighted by Gasteiger charge is 2.33. The third-order valence-corrected chi connectivity index (χ3v) is 2.38. The highest BCUT2D eigenvalue weighted by Crippen LogP contribution is 2.26. The van der Waals surface area contributed by atoms with Gasteiger partial charge in [0, 0.05) is 6.07 Å². The fourth-order valence-corrected chi connectivity index (χ4v) is 1.51. The van der Waals surface area contributed by atoms with Crippen molar-refractivity contribution in [2.75, 3.05) is 0 Å². The van der Waals surface area contributed by atoms with E-state index in [0.717, 1.165) is 6.07 Å². The number of carboxylic acids is 1. The fourth-order valence-electron chi connectivity index (χ4n) is 1.51. The normalized spacial score (nSPS) is 11.5. The van der Waals surface area contributed by atoms with Crippen LogP contribution >= 0.6 is 0 Å². The Morgan fingerprint density at radius 1 is 1.26 bits per heavy atom. The third kappa shape index (κ3) is 2.51. The van der Waals surface area contributed by atoms with Crippen LogP contribution in [0.2, 0.25) is 0 Å². The van der Waals surface area contributed by atoms with E-state index in [1.807, 2.05) is 5.10 Å². The van der Waals surface area contributed by atoms with Gasteiger partial charge in [-0.25, -0.2) is 9.48 Å². The first kappa shape index (κ1) is 12.9. The molecule has 0 aliphatic carbocycles. The molecule has 0 saturated heterocycles. The molecule has 0 amide bonds. The average Bonchev–Trinajstić information content (AvgIpc) is 2.71. The maximum atomic E-state index is 12.4. The topological polar surface area (TPSA) is 75.1 Å². The number of hydrogen-bond donors (Lipinski definition) is 2. The van der Waals surface area contributed by atoms with Crippen molar-refractivity contribution in [3.05, 3.63) is 51.9 Å². The summed E-state index contributed by atoms with van der Waals surface area (Å²) in [6, 6.07) is 5.43. The molecule has 0 atom stereocenters. The highest BCUT2D eigenvalue weighted by atomic mass is 19.4. The smallest absolute Gasteiger partial charge is 0.432 e. The third-order valence-electron chi connectivity index (χ3n) is 2.38. The molecular weight excluding hydrogens is 265 g/mol. The fraction of sp³-hybridized carbons (Fsp3) is 0.0909. The van der Waals surface area contributed by atoms with Crippen LogP contribution < -0.4 is 5.56 Å². The minimum absolute atomic E-state index is 0.0143. The molecule has 0 spiro atoms. The lowest BCUT2D eigenvalue weighted by Crippen LogP contribution is -2.14. The van der Waals surface area contributed by atoms with Crippen molar-refractivity contribution < 1.29 is 23.1 Å². The van der Waals surface area contributed by atoms with Gasteiger partial charge in [0.1, 0.15) is 5.69 Å². The molecule has 2 N–H and O–H groups in total. The number of halogens is 3. The van der Waals surface area contributed by atoms with Gasteiger partial charge in [0.25, 0.3) is 5.56 Å². The van der Waals surface area contributed by atoms with Crippen LogP contribution in [0.5, 0.6) is 0 Å². The standard InChI is InChI=1S/C11H7F3N2O3/c12-11(13,14)8-5-9(17)16(15-8)7-3-1-2-6(4-7)10(18)19/h1-5,15H,(H,18,19). The van der Waals surface area contributed by atoms with Gasteiger partial charge < -0.3 is 5.11 Å². The zero-order valence-electron chi connectivity index (χ0n) is 9.23. The van der Waals surface area contributed by atoms with Gasteiger partial charge in [-0.15, -0.1) is 0 Å². The first-order valence-electron chi connectivity index (χ1n) is 5.02. The van der Waals surface area contributed by atoms with Crippen molar-refractivity contribution in [2.24, 2.45) is 0 Å². The Kier molecular flexibility index (Phi) is 2.93. The first-order valence-corrected chi connectivity index (χ1v) is 5.02. The van der Waals surface area contributed by atoms with Crippen molar-refractivity contribution >= 4 is 5.97 Å². The quantitative estimate of drug-likeness (QED) is 0.876. The van der Waals surface area contributed by atoms with Crippen LogP contribution in [0, 0.1) is 0 Å². The van der Waals surface area contributed by atoms with Gasteiger partial charge in [-0.3, -0.25) is 9.89 Å². The molecule has 0 radical (unpaired) electrons. The van der Waals surface area contributed by atoms with Gasteiger partial charge >= 0.3 is 12.1 Å². The summed E-state index contributed by atoms with van der Waals surface area (Å²) in [4.78, 5) is 22.2. The van der Waals surface area contributed by atoms with Crippen molar-refractivity contribution in [1.82, 2.24) is 9.78 Å². The molecule has 19 heavy (non-hydrogen) atoms. The molecule has 0 aliphatic heterocycles. The zero-order valence-corrected chi connectivity index (χ0v) is 9.23. The van der Waals surface area contributed by atoms with E-state index >= 15 is 0 Å². The monoisotopic (exact) mass is 272 g/mol. The van der Waals surface area contributed by atoms with Gasteiger partial charge in [-0.2, -0.15) is 13.2 Å². The first-order chi connectivity index (χ1) is 8.79. The van der Waals surface area contributed by atoms with E-state index in [2.05, 4.69) is 0 Å². The minimum atomic E-state index is -4.67. The second kappa shape index (κ2) is 4.30. The molecule has 1 aromatic carbocycles. The zero-order chi connectivity index (χ0) is 14.2. The minimum Gasteiger partial charge on any atom is -0.478 e. The molecule has 1 heterocycles. The lowest BCUT2D eigenvalue weighted by atomic mass is 10.2. The van der Waals surface area contributed by atoms with Gasteiger partial charge in [0.15, 0.2) is 0 Å². The van der Waals surface area contributed by atoms with Crippen molar-refractivity contribution in [1.29, 1.82) is 0 Å². The average molecular weight is 272 g/mol. The van der Waals surface area contributed by atoms with Crippen molar-refractivity contribution in [3.8, 4) is 5.69 Å². The molecular formula is C11H7F3N2O3. The van der Waals surface area contributed by atoms with Crippen LogP contribution in [-0.2, 0) is 6.18 Å². The van der Waals surface area contributed by atoms with Crippen LogP contribution in [0.15, 0.2) is 35.1 Å².